The number of rotatable bonds is 9. The molecule has 0 bridgehead atoms. The summed E-state index contributed by atoms with van der Waals surface area (Å²) in [5.41, 5.74) is 7.32. The second-order valence-electron chi connectivity index (χ2n) is 5.72. The number of methoxy groups -OCH3 is 2. The average molecular weight is 506 g/mol. The van der Waals surface area contributed by atoms with Crippen LogP contribution in [0.15, 0.2) is 68.7 Å². The molecule has 0 spiro atoms. The fourth-order valence-electron chi connectivity index (χ4n) is 2.11. The van der Waals surface area contributed by atoms with Crippen molar-refractivity contribution in [2.45, 2.75) is 13.1 Å². The number of benzene rings is 2. The van der Waals surface area contributed by atoms with Crippen LogP contribution in [0, 0.1) is 0 Å². The first-order valence-corrected chi connectivity index (χ1v) is 9.68. The third-order valence-corrected chi connectivity index (χ3v) is 4.11. The molecule has 0 saturated heterocycles. The van der Waals surface area contributed by atoms with Gasteiger partial charge in [-0.25, -0.2) is 0 Å². The van der Waals surface area contributed by atoms with Crippen molar-refractivity contribution in [3.63, 3.8) is 0 Å². The van der Waals surface area contributed by atoms with E-state index in [4.69, 9.17) is 34.7 Å². The Morgan fingerprint density at radius 1 is 0.742 bits per heavy atom. The molecule has 2 aromatic carbocycles. The van der Waals surface area contributed by atoms with E-state index in [1.54, 1.807) is 14.2 Å². The summed E-state index contributed by atoms with van der Waals surface area (Å²) in [5.74, 6) is 1.59. The van der Waals surface area contributed by atoms with E-state index in [1.807, 2.05) is 48.5 Å². The molecule has 0 aliphatic carbocycles. The summed E-state index contributed by atoms with van der Waals surface area (Å²) in [6.45, 7) is 0.899. The molecule has 2 N–H and O–H groups in total. The second kappa shape index (κ2) is 15.1. The van der Waals surface area contributed by atoms with E-state index in [1.165, 1.54) is 12.4 Å². The van der Waals surface area contributed by atoms with E-state index in [9.17, 15) is 0 Å². The molecule has 11 heteroatoms. The van der Waals surface area contributed by atoms with Crippen LogP contribution in [0.5, 0.6) is 11.5 Å². The van der Waals surface area contributed by atoms with Gasteiger partial charge in [-0.2, -0.15) is 10.2 Å². The molecular weight excluding hydrogens is 484 g/mol. The monoisotopic (exact) mass is 505 g/mol. The minimum atomic E-state index is 0. The van der Waals surface area contributed by atoms with E-state index in [0.717, 1.165) is 22.6 Å². The smallest absolute Gasteiger partial charge is 0.741 e. The molecule has 1 radical (unpaired) electrons. The fraction of sp³-hybridized carbons (Fsp3) is 0.200. The maximum Gasteiger partial charge on any atom is 2.00 e. The Morgan fingerprint density at radius 2 is 1.10 bits per heavy atom. The van der Waals surface area contributed by atoms with E-state index in [-0.39, 0.29) is 27.4 Å². The molecule has 0 fully saturated rings. The van der Waals surface area contributed by atoms with Crippen molar-refractivity contribution < 1.29 is 26.5 Å². The van der Waals surface area contributed by atoms with Gasteiger partial charge in [0.25, 0.3) is 0 Å². The Morgan fingerprint density at radius 3 is 1.42 bits per heavy atom. The van der Waals surface area contributed by atoms with E-state index in [0.29, 0.717) is 13.1 Å². The molecule has 2 rings (SSSR count). The standard InChI is InChI=1S/C20H24N6O2S2.Cu/c1-27-17-7-3-15(4-8-17)13-21-19(29)25-23-11-12-24-26-20(30)22-14-16-5-9-18(28-2)10-6-16;/h3-12H,13-14H2,1-2H3,(H2,21,25,29)(H2,22,26,30);/q;+2/p-2/b23-11+,24-12?;. The Kier molecular flexibility index (Phi) is 12.8. The Bertz CT molecular complexity index is 827. The van der Waals surface area contributed by atoms with Gasteiger partial charge in [-0.15, -0.1) is 0 Å². The normalized spacial score (nSPS) is 11.9. The summed E-state index contributed by atoms with van der Waals surface area (Å²) in [6, 6.07) is 15.2. The SMILES string of the molecule is COc1ccc(CN=C([S-])NN=C/C=N/NC([S-])=NCc2ccc(OC)cc2)cc1.[Cu+2]. The van der Waals surface area contributed by atoms with Crippen LogP contribution >= 0.6 is 0 Å². The van der Waals surface area contributed by atoms with Crippen molar-refractivity contribution in [2.75, 3.05) is 14.2 Å². The van der Waals surface area contributed by atoms with Gasteiger partial charge in [-0.1, -0.05) is 24.3 Å². The molecule has 2 aromatic rings. The van der Waals surface area contributed by atoms with Crippen molar-refractivity contribution >= 4 is 48.0 Å². The summed E-state index contributed by atoms with van der Waals surface area (Å²) in [4.78, 5) is 8.44. The van der Waals surface area contributed by atoms with Gasteiger partial charge < -0.3 is 34.7 Å². The number of hydrogen-bond donors (Lipinski definition) is 2. The molecule has 0 amide bonds. The molecule has 0 aliphatic rings. The Labute approximate surface area is 203 Å². The number of hydrogen-bond acceptors (Lipinski definition) is 8. The summed E-state index contributed by atoms with van der Waals surface area (Å²) >= 11 is 10.2. The van der Waals surface area contributed by atoms with Crippen LogP contribution in [0.2, 0.25) is 0 Å². The summed E-state index contributed by atoms with van der Waals surface area (Å²) in [5, 5.41) is 8.37. The molecule has 0 atom stereocenters. The molecular formula is C20H22CuN6O2S2. The van der Waals surface area contributed by atoms with Crippen molar-refractivity contribution in [3.05, 3.63) is 59.7 Å². The number of nitrogens with one attached hydrogen (secondary N) is 2. The van der Waals surface area contributed by atoms with Gasteiger partial charge in [0.1, 0.15) is 11.5 Å². The Hall–Kier alpha value is -2.72. The average Bonchev–Trinajstić information content (AvgIpc) is 2.79. The summed E-state index contributed by atoms with van der Waals surface area (Å²) in [7, 11) is 3.25. The number of nitrogens with zero attached hydrogens (tertiary/aromatic N) is 4. The molecule has 0 unspecified atom stereocenters. The van der Waals surface area contributed by atoms with Crippen molar-refractivity contribution in [2.24, 2.45) is 20.2 Å². The summed E-state index contributed by atoms with van der Waals surface area (Å²) < 4.78 is 10.2. The third-order valence-electron chi connectivity index (χ3n) is 3.66. The zero-order chi connectivity index (χ0) is 21.6. The largest absolute Gasteiger partial charge is 2.00 e. The van der Waals surface area contributed by atoms with Crippen LogP contribution in [0.25, 0.3) is 0 Å². The van der Waals surface area contributed by atoms with E-state index in [2.05, 4.69) is 31.0 Å². The van der Waals surface area contributed by atoms with Crippen LogP contribution < -0.4 is 20.3 Å². The van der Waals surface area contributed by atoms with Gasteiger partial charge in [0.05, 0.1) is 39.7 Å². The van der Waals surface area contributed by atoms with Crippen molar-refractivity contribution in [1.29, 1.82) is 0 Å². The van der Waals surface area contributed by atoms with Crippen LogP contribution in [-0.2, 0) is 55.4 Å². The van der Waals surface area contributed by atoms with Crippen LogP contribution in [0.4, 0.5) is 0 Å². The predicted octanol–water partition coefficient (Wildman–Crippen LogP) is 2.36. The maximum atomic E-state index is 5.11. The number of aliphatic imine (C=N–C) groups is 2. The molecule has 0 aromatic heterocycles. The van der Waals surface area contributed by atoms with E-state index >= 15 is 0 Å². The number of hydrazone groups is 2. The first kappa shape index (κ1) is 26.3. The zero-order valence-electron chi connectivity index (χ0n) is 16.9. The third kappa shape index (κ3) is 10.7. The van der Waals surface area contributed by atoms with Crippen LogP contribution in [-0.4, -0.2) is 37.0 Å². The van der Waals surface area contributed by atoms with Gasteiger partial charge in [-0.3, -0.25) is 20.8 Å². The molecule has 31 heavy (non-hydrogen) atoms. The first-order chi connectivity index (χ1) is 14.6. The van der Waals surface area contributed by atoms with Crippen molar-refractivity contribution in [3.8, 4) is 11.5 Å². The predicted molar refractivity (Wildman–Crippen MR) is 126 cm³/mol. The van der Waals surface area contributed by atoms with Crippen LogP contribution in [0.1, 0.15) is 11.1 Å². The van der Waals surface area contributed by atoms with Gasteiger partial charge >= 0.3 is 17.1 Å². The first-order valence-electron chi connectivity index (χ1n) is 8.86. The molecule has 167 valence electrons. The summed E-state index contributed by atoms with van der Waals surface area (Å²) in [6.07, 6.45) is 2.85. The molecule has 0 heterocycles. The Balaban J connectivity index is 0.00000480. The van der Waals surface area contributed by atoms with Gasteiger partial charge in [-0.05, 0) is 45.7 Å². The molecule has 8 nitrogen and oxygen atoms in total. The number of amidine groups is 2. The second-order valence-corrected chi connectivity index (χ2v) is 6.49. The van der Waals surface area contributed by atoms with Crippen LogP contribution in [0.3, 0.4) is 0 Å². The minimum Gasteiger partial charge on any atom is -0.741 e. The van der Waals surface area contributed by atoms with Gasteiger partial charge in [0.2, 0.25) is 0 Å². The fourth-order valence-corrected chi connectivity index (χ4v) is 2.34. The zero-order valence-corrected chi connectivity index (χ0v) is 19.5. The quantitative estimate of drug-likeness (QED) is 0.179. The number of ether oxygens (including phenoxy) is 2. The topological polar surface area (TPSA) is 92.0 Å². The van der Waals surface area contributed by atoms with Gasteiger partial charge in [0.15, 0.2) is 0 Å². The minimum absolute atomic E-state index is 0. The van der Waals surface area contributed by atoms with Crippen molar-refractivity contribution in [1.82, 2.24) is 10.9 Å². The maximum absolute atomic E-state index is 5.11. The van der Waals surface area contributed by atoms with Gasteiger partial charge in [0, 0.05) is 0 Å². The van der Waals surface area contributed by atoms with E-state index < -0.39 is 0 Å². The molecule has 0 aliphatic heterocycles. The molecule has 0 saturated carbocycles.